The van der Waals surface area contributed by atoms with E-state index in [2.05, 4.69) is 15.3 Å². The zero-order valence-electron chi connectivity index (χ0n) is 17.1. The Kier molecular flexibility index (Phi) is 7.20. The van der Waals surface area contributed by atoms with Crippen LogP contribution in [0, 0.1) is 5.82 Å². The number of benzene rings is 1. The molecule has 1 aromatic heterocycles. The molecule has 2 atom stereocenters. The van der Waals surface area contributed by atoms with Gasteiger partial charge < -0.3 is 24.7 Å². The maximum absolute atomic E-state index is 14.9. The maximum Gasteiger partial charge on any atom is 0.328 e. The van der Waals surface area contributed by atoms with Crippen molar-refractivity contribution in [2.45, 2.75) is 24.9 Å². The maximum atomic E-state index is 14.9. The van der Waals surface area contributed by atoms with Crippen molar-refractivity contribution in [3.8, 4) is 5.75 Å². The van der Waals surface area contributed by atoms with Crippen LogP contribution in [0.1, 0.15) is 29.4 Å². The lowest BCUT2D eigenvalue weighted by Gasteiger charge is -2.36. The van der Waals surface area contributed by atoms with E-state index in [0.29, 0.717) is 42.1 Å². The summed E-state index contributed by atoms with van der Waals surface area (Å²) < 4.78 is 24.8. The van der Waals surface area contributed by atoms with E-state index in [0.717, 1.165) is 5.69 Å². The molecule has 0 spiro atoms. The molecule has 3 rings (SSSR count). The molecule has 0 aliphatic carbocycles. The first kappa shape index (κ1) is 21.9. The van der Waals surface area contributed by atoms with Crippen molar-refractivity contribution in [1.29, 1.82) is 0 Å². The van der Waals surface area contributed by atoms with Gasteiger partial charge >= 0.3 is 12.0 Å². The van der Waals surface area contributed by atoms with E-state index in [9.17, 15) is 14.0 Å². The number of imidazole rings is 1. The van der Waals surface area contributed by atoms with Gasteiger partial charge in [-0.05, 0) is 30.6 Å². The molecule has 8 nitrogen and oxygen atoms in total. The molecule has 10 heteroatoms. The topological polar surface area (TPSA) is 96.6 Å². The van der Waals surface area contributed by atoms with Gasteiger partial charge in [0.15, 0.2) is 0 Å². The van der Waals surface area contributed by atoms with Gasteiger partial charge in [-0.15, -0.1) is 0 Å². The number of H-pyrrole nitrogens is 1. The zero-order valence-corrected chi connectivity index (χ0v) is 17.9. The molecular weight excluding hydrogens is 411 g/mol. The monoisotopic (exact) mass is 436 g/mol. The van der Waals surface area contributed by atoms with Crippen LogP contribution >= 0.6 is 11.8 Å². The number of aromatic amines is 1. The van der Waals surface area contributed by atoms with Crippen LogP contribution in [-0.2, 0) is 16.0 Å². The number of carbonyl (C=O) groups is 2. The molecule has 2 aromatic rings. The standard InChI is InChI=1S/C20H25FN4O4S/c1-28-12-4-5-13(14(21)10-12)18-17-15(22-11-23-17)6-8-25(18)20(27)24-16(7-9-30-3)19(26)29-2/h4-5,10-11,16,18H,6-9H2,1-3H3,(H,22,23)(H,24,27)/t16-,18+/m1/s1. The summed E-state index contributed by atoms with van der Waals surface area (Å²) in [6.07, 6.45) is 4.44. The SMILES string of the molecule is COC(=O)[C@@H](CCSC)NC(=O)N1CCc2[nH]cnc2[C@@H]1c1ccc(OC)cc1F. The van der Waals surface area contributed by atoms with Gasteiger partial charge in [0.05, 0.1) is 26.2 Å². The van der Waals surface area contributed by atoms with Crippen LogP contribution in [0.2, 0.25) is 0 Å². The molecule has 1 aliphatic rings. The lowest BCUT2D eigenvalue weighted by Crippen LogP contribution is -2.51. The molecule has 0 fully saturated rings. The lowest BCUT2D eigenvalue weighted by atomic mass is 9.95. The summed E-state index contributed by atoms with van der Waals surface area (Å²) in [5, 5.41) is 2.75. The normalized spacial score (nSPS) is 16.5. The third-order valence-electron chi connectivity index (χ3n) is 5.08. The summed E-state index contributed by atoms with van der Waals surface area (Å²) in [6.45, 7) is 0.341. The molecule has 2 heterocycles. The van der Waals surface area contributed by atoms with E-state index in [1.807, 2.05) is 6.26 Å². The first-order valence-electron chi connectivity index (χ1n) is 9.49. The highest BCUT2D eigenvalue weighted by Gasteiger charge is 2.37. The Balaban J connectivity index is 1.92. The second-order valence-corrected chi connectivity index (χ2v) is 7.79. The van der Waals surface area contributed by atoms with Crippen molar-refractivity contribution in [2.75, 3.05) is 32.8 Å². The number of ether oxygens (including phenoxy) is 2. The van der Waals surface area contributed by atoms with Gasteiger partial charge in [0.2, 0.25) is 0 Å². The number of carbonyl (C=O) groups excluding carboxylic acids is 2. The Morgan fingerprint density at radius 1 is 1.43 bits per heavy atom. The Bertz CT molecular complexity index is 907. The van der Waals surface area contributed by atoms with E-state index >= 15 is 0 Å². The summed E-state index contributed by atoms with van der Waals surface area (Å²) in [5.41, 5.74) is 1.74. The molecule has 0 bridgehead atoms. The molecule has 0 saturated carbocycles. The number of thioether (sulfide) groups is 1. The minimum Gasteiger partial charge on any atom is -0.497 e. The number of nitrogens with zero attached hydrogens (tertiary/aromatic N) is 2. The number of halogens is 1. The van der Waals surface area contributed by atoms with Gasteiger partial charge in [0, 0.05) is 30.3 Å². The van der Waals surface area contributed by atoms with Gasteiger partial charge in [-0.2, -0.15) is 11.8 Å². The van der Waals surface area contributed by atoms with Crippen molar-refractivity contribution >= 4 is 23.8 Å². The number of nitrogens with one attached hydrogen (secondary N) is 2. The van der Waals surface area contributed by atoms with E-state index in [1.54, 1.807) is 23.9 Å². The predicted molar refractivity (Wildman–Crippen MR) is 111 cm³/mol. The minimum absolute atomic E-state index is 0.303. The van der Waals surface area contributed by atoms with Crippen LogP contribution in [0.3, 0.4) is 0 Å². The van der Waals surface area contributed by atoms with E-state index in [-0.39, 0.29) is 0 Å². The molecule has 30 heavy (non-hydrogen) atoms. The summed E-state index contributed by atoms with van der Waals surface area (Å²) in [5.74, 6) is 0.0511. The van der Waals surface area contributed by atoms with Crippen molar-refractivity contribution < 1.29 is 23.5 Å². The van der Waals surface area contributed by atoms with Crippen molar-refractivity contribution in [2.24, 2.45) is 0 Å². The highest BCUT2D eigenvalue weighted by atomic mass is 32.2. The van der Waals surface area contributed by atoms with Gasteiger partial charge in [-0.25, -0.2) is 19.0 Å². The van der Waals surface area contributed by atoms with Crippen LogP contribution in [0.4, 0.5) is 9.18 Å². The minimum atomic E-state index is -0.781. The molecule has 1 aliphatic heterocycles. The fourth-order valence-electron chi connectivity index (χ4n) is 3.53. The van der Waals surface area contributed by atoms with E-state index < -0.39 is 29.9 Å². The molecule has 0 radical (unpaired) electrons. The smallest absolute Gasteiger partial charge is 0.328 e. The van der Waals surface area contributed by atoms with Crippen LogP contribution in [0.25, 0.3) is 0 Å². The van der Waals surface area contributed by atoms with Crippen LogP contribution in [0.5, 0.6) is 5.75 Å². The largest absolute Gasteiger partial charge is 0.497 e. The first-order valence-corrected chi connectivity index (χ1v) is 10.9. The highest BCUT2D eigenvalue weighted by Crippen LogP contribution is 2.35. The third-order valence-corrected chi connectivity index (χ3v) is 5.73. The molecule has 2 amide bonds. The summed E-state index contributed by atoms with van der Waals surface area (Å²) >= 11 is 1.57. The molecular formula is C20H25FN4O4S. The van der Waals surface area contributed by atoms with Crippen molar-refractivity contribution in [3.05, 3.63) is 47.3 Å². The predicted octanol–water partition coefficient (Wildman–Crippen LogP) is 2.51. The van der Waals surface area contributed by atoms with Crippen LogP contribution in [-0.4, -0.2) is 65.7 Å². The second kappa shape index (κ2) is 9.84. The fraction of sp³-hybridized carbons (Fsp3) is 0.450. The number of rotatable bonds is 7. The summed E-state index contributed by atoms with van der Waals surface area (Å²) in [6, 6.07) is 2.53. The lowest BCUT2D eigenvalue weighted by molar-refractivity contribution is -0.142. The second-order valence-electron chi connectivity index (χ2n) is 6.81. The Hall–Kier alpha value is -2.75. The number of aromatic nitrogens is 2. The molecule has 0 unspecified atom stereocenters. The van der Waals surface area contributed by atoms with E-state index in [4.69, 9.17) is 9.47 Å². The summed E-state index contributed by atoms with van der Waals surface area (Å²) in [7, 11) is 2.75. The Morgan fingerprint density at radius 2 is 2.23 bits per heavy atom. The van der Waals surface area contributed by atoms with Gasteiger partial charge in [0.1, 0.15) is 23.7 Å². The van der Waals surface area contributed by atoms with Gasteiger partial charge in [0.25, 0.3) is 0 Å². The summed E-state index contributed by atoms with van der Waals surface area (Å²) in [4.78, 5) is 34.2. The fourth-order valence-corrected chi connectivity index (χ4v) is 4.00. The molecule has 162 valence electrons. The van der Waals surface area contributed by atoms with Crippen molar-refractivity contribution in [1.82, 2.24) is 20.2 Å². The number of fused-ring (bicyclic) bond motifs is 1. The number of urea groups is 1. The number of methoxy groups -OCH3 is 2. The molecule has 2 N–H and O–H groups in total. The van der Waals surface area contributed by atoms with E-state index in [1.165, 1.54) is 31.5 Å². The number of hydrogen-bond donors (Lipinski definition) is 2. The highest BCUT2D eigenvalue weighted by molar-refractivity contribution is 7.98. The Morgan fingerprint density at radius 3 is 2.90 bits per heavy atom. The third kappa shape index (κ3) is 4.53. The Labute approximate surface area is 178 Å². The number of amides is 2. The number of esters is 1. The average Bonchev–Trinajstić information content (AvgIpc) is 3.24. The van der Waals surface area contributed by atoms with Crippen LogP contribution < -0.4 is 10.1 Å². The molecule has 1 aromatic carbocycles. The quantitative estimate of drug-likeness (QED) is 0.648. The van der Waals surface area contributed by atoms with Gasteiger partial charge in [-0.3, -0.25) is 0 Å². The number of hydrogen-bond acceptors (Lipinski definition) is 6. The van der Waals surface area contributed by atoms with Crippen molar-refractivity contribution in [3.63, 3.8) is 0 Å². The van der Waals surface area contributed by atoms with Gasteiger partial charge in [-0.1, -0.05) is 0 Å². The zero-order chi connectivity index (χ0) is 21.7. The molecule has 0 saturated heterocycles. The average molecular weight is 437 g/mol. The first-order chi connectivity index (χ1) is 14.5. The van der Waals surface area contributed by atoms with Crippen LogP contribution in [0.15, 0.2) is 24.5 Å².